The Bertz CT molecular complexity index is 1060. The summed E-state index contributed by atoms with van der Waals surface area (Å²) in [4.78, 5) is 15.4. The molecule has 0 amide bonds. The van der Waals surface area contributed by atoms with Gasteiger partial charge in [-0.05, 0) is 38.5 Å². The van der Waals surface area contributed by atoms with Gasteiger partial charge in [-0.1, -0.05) is 42.0 Å². The van der Waals surface area contributed by atoms with Crippen molar-refractivity contribution in [1.82, 2.24) is 4.98 Å². The largest absolute Gasteiger partial charge is 0.493 e. The molecular formula is C22H20N2O2. The zero-order valence-electron chi connectivity index (χ0n) is 15.1. The summed E-state index contributed by atoms with van der Waals surface area (Å²) in [5.74, 6) is 0.656. The van der Waals surface area contributed by atoms with Crippen LogP contribution >= 0.6 is 0 Å². The van der Waals surface area contributed by atoms with Gasteiger partial charge >= 0.3 is 0 Å². The van der Waals surface area contributed by atoms with Gasteiger partial charge in [-0.15, -0.1) is 0 Å². The van der Waals surface area contributed by atoms with Crippen molar-refractivity contribution in [3.63, 3.8) is 0 Å². The maximum absolute atomic E-state index is 12.6. The van der Waals surface area contributed by atoms with E-state index in [1.165, 1.54) is 0 Å². The summed E-state index contributed by atoms with van der Waals surface area (Å²) in [7, 11) is 0. The van der Waals surface area contributed by atoms with Crippen LogP contribution in [0.15, 0.2) is 53.3 Å². The summed E-state index contributed by atoms with van der Waals surface area (Å²) < 4.78 is 5.69. The maximum atomic E-state index is 12.6. The minimum Gasteiger partial charge on any atom is -0.493 e. The van der Waals surface area contributed by atoms with E-state index in [1.54, 1.807) is 0 Å². The number of benzene rings is 2. The summed E-state index contributed by atoms with van der Waals surface area (Å²) >= 11 is 0. The highest BCUT2D eigenvalue weighted by molar-refractivity contribution is 5.79. The SMILES string of the molecule is CCOc1ccccc1-c1cc(-c2ccc(C)cc2C)[nH]c(=O)c1C#N. The van der Waals surface area contributed by atoms with E-state index in [4.69, 9.17) is 4.74 Å². The summed E-state index contributed by atoms with van der Waals surface area (Å²) in [6.45, 7) is 6.45. The highest BCUT2D eigenvalue weighted by Gasteiger charge is 2.16. The van der Waals surface area contributed by atoms with E-state index in [2.05, 4.69) is 11.1 Å². The lowest BCUT2D eigenvalue weighted by atomic mass is 9.96. The Labute approximate surface area is 152 Å². The van der Waals surface area contributed by atoms with Gasteiger partial charge in [0.25, 0.3) is 5.56 Å². The Morgan fingerprint density at radius 1 is 1.04 bits per heavy atom. The van der Waals surface area contributed by atoms with Crippen LogP contribution in [0.2, 0.25) is 0 Å². The smallest absolute Gasteiger partial charge is 0.266 e. The molecule has 0 atom stereocenters. The van der Waals surface area contributed by atoms with Crippen molar-refractivity contribution in [3.8, 4) is 34.2 Å². The third kappa shape index (κ3) is 3.25. The molecule has 0 unspecified atom stereocenters. The van der Waals surface area contributed by atoms with Crippen LogP contribution in [0.25, 0.3) is 22.4 Å². The third-order valence-corrected chi connectivity index (χ3v) is 4.29. The van der Waals surface area contributed by atoms with E-state index >= 15 is 0 Å². The Morgan fingerprint density at radius 3 is 2.50 bits per heavy atom. The average Bonchev–Trinajstić information content (AvgIpc) is 2.62. The number of hydrogen-bond donors (Lipinski definition) is 1. The molecule has 4 heteroatoms. The van der Waals surface area contributed by atoms with Crippen molar-refractivity contribution < 1.29 is 4.74 Å². The van der Waals surface area contributed by atoms with Crippen LogP contribution in [0.5, 0.6) is 5.75 Å². The molecule has 0 aliphatic rings. The van der Waals surface area contributed by atoms with E-state index in [0.717, 1.165) is 22.3 Å². The fraction of sp³-hybridized carbons (Fsp3) is 0.182. The van der Waals surface area contributed by atoms with E-state index in [1.807, 2.05) is 69.3 Å². The normalized spacial score (nSPS) is 10.4. The Kier molecular flexibility index (Phi) is 4.90. The summed E-state index contributed by atoms with van der Waals surface area (Å²) in [5.41, 5.74) is 4.86. The quantitative estimate of drug-likeness (QED) is 0.752. The molecule has 1 aromatic heterocycles. The number of ether oxygens (including phenoxy) is 1. The predicted molar refractivity (Wildman–Crippen MR) is 103 cm³/mol. The zero-order valence-corrected chi connectivity index (χ0v) is 15.1. The van der Waals surface area contributed by atoms with Gasteiger partial charge in [-0.2, -0.15) is 5.26 Å². The molecule has 1 heterocycles. The number of nitrogens with zero attached hydrogens (tertiary/aromatic N) is 1. The van der Waals surface area contributed by atoms with Crippen LogP contribution in [-0.4, -0.2) is 11.6 Å². The Hall–Kier alpha value is -3.32. The lowest BCUT2D eigenvalue weighted by molar-refractivity contribution is 0.341. The average molecular weight is 344 g/mol. The van der Waals surface area contributed by atoms with E-state index < -0.39 is 5.56 Å². The number of aromatic nitrogens is 1. The van der Waals surface area contributed by atoms with Crippen molar-refractivity contribution in [1.29, 1.82) is 5.26 Å². The fourth-order valence-corrected chi connectivity index (χ4v) is 3.11. The first-order chi connectivity index (χ1) is 12.5. The lowest BCUT2D eigenvalue weighted by Crippen LogP contribution is -2.13. The van der Waals surface area contributed by atoms with E-state index in [0.29, 0.717) is 23.6 Å². The first-order valence-corrected chi connectivity index (χ1v) is 8.52. The number of H-pyrrole nitrogens is 1. The van der Waals surface area contributed by atoms with Gasteiger partial charge in [-0.3, -0.25) is 4.79 Å². The molecule has 0 saturated carbocycles. The standard InChI is InChI=1S/C22H20N2O2/c1-4-26-21-8-6-5-7-17(21)18-12-20(24-22(25)19(18)13-23)16-10-9-14(2)11-15(16)3/h5-12H,4H2,1-3H3,(H,24,25). The van der Waals surface area contributed by atoms with Crippen molar-refractivity contribution in [2.45, 2.75) is 20.8 Å². The second-order valence-electron chi connectivity index (χ2n) is 6.16. The number of para-hydroxylation sites is 1. The second kappa shape index (κ2) is 7.28. The van der Waals surface area contributed by atoms with Crippen LogP contribution in [0.3, 0.4) is 0 Å². The molecule has 0 fully saturated rings. The third-order valence-electron chi connectivity index (χ3n) is 4.29. The van der Waals surface area contributed by atoms with Crippen LogP contribution in [0.1, 0.15) is 23.6 Å². The summed E-state index contributed by atoms with van der Waals surface area (Å²) in [5, 5.41) is 9.52. The summed E-state index contributed by atoms with van der Waals surface area (Å²) in [6.07, 6.45) is 0. The lowest BCUT2D eigenvalue weighted by Gasteiger charge is -2.13. The van der Waals surface area contributed by atoms with Gasteiger partial charge in [0.05, 0.1) is 6.61 Å². The van der Waals surface area contributed by atoms with Gasteiger partial charge < -0.3 is 9.72 Å². The van der Waals surface area contributed by atoms with Crippen LogP contribution < -0.4 is 10.3 Å². The molecule has 0 aliphatic carbocycles. The van der Waals surface area contributed by atoms with Gasteiger partial charge in [0, 0.05) is 22.4 Å². The molecule has 4 nitrogen and oxygen atoms in total. The summed E-state index contributed by atoms with van der Waals surface area (Å²) in [6, 6.07) is 17.4. The highest BCUT2D eigenvalue weighted by Crippen LogP contribution is 2.33. The van der Waals surface area contributed by atoms with Crippen molar-refractivity contribution >= 4 is 0 Å². The molecule has 2 aromatic carbocycles. The number of aromatic amines is 1. The fourth-order valence-electron chi connectivity index (χ4n) is 3.11. The number of rotatable bonds is 4. The molecular weight excluding hydrogens is 324 g/mol. The van der Waals surface area contributed by atoms with E-state index in [9.17, 15) is 10.1 Å². The molecule has 3 rings (SSSR count). The minimum absolute atomic E-state index is 0.0886. The second-order valence-corrected chi connectivity index (χ2v) is 6.16. The first kappa shape index (κ1) is 17.5. The molecule has 0 aliphatic heterocycles. The van der Waals surface area contributed by atoms with Gasteiger partial charge in [0.15, 0.2) is 0 Å². The van der Waals surface area contributed by atoms with Crippen molar-refractivity contribution in [3.05, 3.63) is 75.6 Å². The van der Waals surface area contributed by atoms with Crippen LogP contribution in [0.4, 0.5) is 0 Å². The number of aryl methyl sites for hydroxylation is 2. The molecule has 130 valence electrons. The Balaban J connectivity index is 2.28. The van der Waals surface area contributed by atoms with Crippen molar-refractivity contribution in [2.24, 2.45) is 0 Å². The van der Waals surface area contributed by atoms with Gasteiger partial charge in [-0.25, -0.2) is 0 Å². The molecule has 26 heavy (non-hydrogen) atoms. The molecule has 0 spiro atoms. The van der Waals surface area contributed by atoms with Crippen LogP contribution in [-0.2, 0) is 0 Å². The predicted octanol–water partition coefficient (Wildman–Crippen LogP) is 4.60. The molecule has 1 N–H and O–H groups in total. The van der Waals surface area contributed by atoms with Gasteiger partial charge in [0.1, 0.15) is 17.4 Å². The molecule has 3 aromatic rings. The van der Waals surface area contributed by atoms with Crippen molar-refractivity contribution in [2.75, 3.05) is 6.61 Å². The number of nitriles is 1. The first-order valence-electron chi connectivity index (χ1n) is 8.52. The number of nitrogens with one attached hydrogen (secondary N) is 1. The Morgan fingerprint density at radius 2 is 1.81 bits per heavy atom. The molecule has 0 radical (unpaired) electrons. The minimum atomic E-state index is -0.397. The van der Waals surface area contributed by atoms with Gasteiger partial charge in [0.2, 0.25) is 0 Å². The monoisotopic (exact) mass is 344 g/mol. The highest BCUT2D eigenvalue weighted by atomic mass is 16.5. The maximum Gasteiger partial charge on any atom is 0.266 e. The number of pyridine rings is 1. The molecule has 0 saturated heterocycles. The molecule has 0 bridgehead atoms. The topological polar surface area (TPSA) is 65.9 Å². The number of hydrogen-bond acceptors (Lipinski definition) is 3. The van der Waals surface area contributed by atoms with E-state index in [-0.39, 0.29) is 5.56 Å². The van der Waals surface area contributed by atoms with Crippen LogP contribution in [0, 0.1) is 25.2 Å². The zero-order chi connectivity index (χ0) is 18.7.